The van der Waals surface area contributed by atoms with Crippen molar-refractivity contribution in [3.05, 3.63) is 78.4 Å². The molecule has 0 saturated carbocycles. The summed E-state index contributed by atoms with van der Waals surface area (Å²) >= 11 is 1.46. The van der Waals surface area contributed by atoms with Gasteiger partial charge in [0.2, 0.25) is 10.0 Å². The number of carbonyl (C=O) groups is 1. The number of nitrogens with zero attached hydrogens (tertiary/aromatic N) is 1. The highest BCUT2D eigenvalue weighted by molar-refractivity contribution is 14.1. The van der Waals surface area contributed by atoms with Crippen LogP contribution in [0.25, 0.3) is 11.1 Å². The Morgan fingerprint density at radius 1 is 0.939 bits per heavy atom. The second-order valence-electron chi connectivity index (χ2n) is 7.07. The van der Waals surface area contributed by atoms with E-state index < -0.39 is 22.0 Å². The number of hydrogen-bond acceptors (Lipinski definition) is 5. The number of rotatable bonds is 7. The van der Waals surface area contributed by atoms with Gasteiger partial charge in [-0.15, -0.1) is 0 Å². The largest absolute Gasteiger partial charge is 0.457 e. The monoisotopic (exact) mass is 581 g/mol. The molecule has 3 aromatic rings. The van der Waals surface area contributed by atoms with Gasteiger partial charge >= 0.3 is 5.97 Å². The Bertz CT molecular complexity index is 1170. The molecule has 6 nitrogen and oxygen atoms in total. The molecule has 0 spiro atoms. The summed E-state index contributed by atoms with van der Waals surface area (Å²) in [4.78, 5) is 12.0. The summed E-state index contributed by atoms with van der Waals surface area (Å²) in [5.41, 5.74) is 3.20. The third kappa shape index (κ3) is 6.94. The third-order valence-corrected chi connectivity index (χ3v) is 6.41. The number of carbonyl (C=O) groups excluding carboxylic acids is 1. The molecule has 0 heterocycles. The summed E-state index contributed by atoms with van der Waals surface area (Å²) in [5.74, 6) is 0.844. The van der Waals surface area contributed by atoms with Crippen LogP contribution in [-0.4, -0.2) is 26.7 Å². The standard InChI is InChI=1S/C23H22INO5S.C2H6/c1-16-15-19(25(31(3,27)28)17(2)23(26)30-24)11-14-22(16)18-9-12-21(13-10-18)29-20-7-5-4-6-8-20;1-2/h4-15,17H,1-3H3;1-2H3. The lowest BCUT2D eigenvalue weighted by Crippen LogP contribution is -2.43. The van der Waals surface area contributed by atoms with E-state index in [1.807, 2.05) is 81.4 Å². The first-order valence-corrected chi connectivity index (χ1v) is 13.2. The van der Waals surface area contributed by atoms with E-state index in [9.17, 15) is 13.2 Å². The van der Waals surface area contributed by atoms with Gasteiger partial charge in [0.25, 0.3) is 0 Å². The van der Waals surface area contributed by atoms with Crippen molar-refractivity contribution in [1.29, 1.82) is 0 Å². The van der Waals surface area contributed by atoms with E-state index in [1.165, 1.54) is 29.9 Å². The van der Waals surface area contributed by atoms with Gasteiger partial charge in [-0.25, -0.2) is 13.2 Å². The average molecular weight is 581 g/mol. The Labute approximate surface area is 210 Å². The van der Waals surface area contributed by atoms with Crippen LogP contribution in [0.1, 0.15) is 26.3 Å². The third-order valence-electron chi connectivity index (χ3n) is 4.73. The summed E-state index contributed by atoms with van der Waals surface area (Å²) in [6, 6.07) is 21.5. The summed E-state index contributed by atoms with van der Waals surface area (Å²) in [6.45, 7) is 7.39. The molecule has 0 N–H and O–H groups in total. The molecule has 1 unspecified atom stereocenters. The summed E-state index contributed by atoms with van der Waals surface area (Å²) in [6.07, 6.45) is 1.07. The van der Waals surface area contributed by atoms with Gasteiger partial charge in [-0.1, -0.05) is 50.2 Å². The molecule has 1 atom stereocenters. The Kier molecular flexibility index (Phi) is 9.72. The predicted octanol–water partition coefficient (Wildman–Crippen LogP) is 6.53. The van der Waals surface area contributed by atoms with Crippen molar-refractivity contribution >= 4 is 44.7 Å². The number of benzene rings is 3. The molecule has 3 aromatic carbocycles. The van der Waals surface area contributed by atoms with E-state index in [0.29, 0.717) is 5.69 Å². The SMILES string of the molecule is CC.Cc1cc(N(C(C)C(=O)OI)S(C)(=O)=O)ccc1-c1ccc(Oc2ccccc2)cc1. The Morgan fingerprint density at radius 3 is 2.03 bits per heavy atom. The summed E-state index contributed by atoms with van der Waals surface area (Å²) < 4.78 is 36.3. The zero-order chi connectivity index (χ0) is 24.6. The first-order valence-electron chi connectivity index (χ1n) is 10.5. The van der Waals surface area contributed by atoms with Crippen molar-refractivity contribution in [2.75, 3.05) is 10.6 Å². The highest BCUT2D eigenvalue weighted by Crippen LogP contribution is 2.31. The molecule has 0 bridgehead atoms. The molecule has 0 fully saturated rings. The summed E-state index contributed by atoms with van der Waals surface area (Å²) in [5, 5.41) is 0. The van der Waals surface area contributed by atoms with Crippen molar-refractivity contribution in [3.63, 3.8) is 0 Å². The maximum atomic E-state index is 12.3. The van der Waals surface area contributed by atoms with E-state index in [1.54, 1.807) is 12.1 Å². The van der Waals surface area contributed by atoms with Crippen LogP contribution in [0.5, 0.6) is 11.5 Å². The smallest absolute Gasteiger partial charge is 0.339 e. The minimum absolute atomic E-state index is 0.405. The number of aryl methyl sites for hydroxylation is 1. The van der Waals surface area contributed by atoms with E-state index in [0.717, 1.165) is 38.8 Å². The first kappa shape index (κ1) is 26.7. The van der Waals surface area contributed by atoms with Gasteiger partial charge in [0.05, 0.1) is 11.9 Å². The lowest BCUT2D eigenvalue weighted by molar-refractivity contribution is -0.132. The molecular weight excluding hydrogens is 553 g/mol. The van der Waals surface area contributed by atoms with E-state index in [4.69, 9.17) is 7.80 Å². The first-order chi connectivity index (χ1) is 15.7. The van der Waals surface area contributed by atoms with Crippen molar-refractivity contribution < 1.29 is 21.0 Å². The van der Waals surface area contributed by atoms with Gasteiger partial charge in [-0.3, -0.25) is 4.31 Å². The zero-order valence-electron chi connectivity index (χ0n) is 19.3. The Morgan fingerprint density at radius 2 is 1.52 bits per heavy atom. The fraction of sp³-hybridized carbons (Fsp3) is 0.240. The molecular formula is C25H28INO5S. The maximum absolute atomic E-state index is 12.3. The van der Waals surface area contributed by atoms with Crippen LogP contribution in [-0.2, 0) is 17.9 Å². The van der Waals surface area contributed by atoms with Crippen LogP contribution in [0.2, 0.25) is 0 Å². The van der Waals surface area contributed by atoms with Crippen LogP contribution < -0.4 is 9.04 Å². The number of sulfonamides is 1. The van der Waals surface area contributed by atoms with Crippen molar-refractivity contribution in [2.45, 2.75) is 33.7 Å². The van der Waals surface area contributed by atoms with Crippen LogP contribution in [0.15, 0.2) is 72.8 Å². The lowest BCUT2D eigenvalue weighted by Gasteiger charge is -2.27. The maximum Gasteiger partial charge on any atom is 0.339 e. The van der Waals surface area contributed by atoms with Crippen LogP contribution in [0, 0.1) is 6.92 Å². The molecule has 0 aromatic heterocycles. The molecule has 0 amide bonds. The van der Waals surface area contributed by atoms with Crippen LogP contribution in [0.4, 0.5) is 5.69 Å². The molecule has 0 saturated heterocycles. The topological polar surface area (TPSA) is 72.9 Å². The molecule has 176 valence electrons. The Hall–Kier alpha value is -2.59. The number of anilines is 1. The number of hydrogen-bond donors (Lipinski definition) is 0. The fourth-order valence-corrected chi connectivity index (χ4v) is 4.82. The molecule has 3 rings (SSSR count). The summed E-state index contributed by atoms with van der Waals surface area (Å²) in [7, 11) is -3.69. The van der Waals surface area contributed by atoms with Gasteiger partial charge in [-0.05, 0) is 66.9 Å². The van der Waals surface area contributed by atoms with Gasteiger partial charge in [0.1, 0.15) is 17.5 Å². The number of para-hydroxylation sites is 1. The predicted molar refractivity (Wildman–Crippen MR) is 141 cm³/mol. The molecule has 8 heteroatoms. The zero-order valence-corrected chi connectivity index (χ0v) is 22.3. The van der Waals surface area contributed by atoms with Crippen LogP contribution in [0.3, 0.4) is 0 Å². The second-order valence-corrected chi connectivity index (χ2v) is 9.37. The lowest BCUT2D eigenvalue weighted by atomic mass is 10.00. The van der Waals surface area contributed by atoms with E-state index >= 15 is 0 Å². The second kappa shape index (κ2) is 12.0. The van der Waals surface area contributed by atoms with Gasteiger partial charge in [0.15, 0.2) is 23.0 Å². The van der Waals surface area contributed by atoms with Crippen molar-refractivity contribution in [1.82, 2.24) is 0 Å². The van der Waals surface area contributed by atoms with Crippen molar-refractivity contribution in [2.24, 2.45) is 0 Å². The van der Waals surface area contributed by atoms with E-state index in [-0.39, 0.29) is 0 Å². The molecule has 0 aliphatic rings. The molecule has 33 heavy (non-hydrogen) atoms. The molecule has 0 aliphatic heterocycles. The highest BCUT2D eigenvalue weighted by atomic mass is 127. The number of ether oxygens (including phenoxy) is 1. The van der Waals surface area contributed by atoms with Gasteiger partial charge in [0, 0.05) is 0 Å². The van der Waals surface area contributed by atoms with Gasteiger partial charge < -0.3 is 7.80 Å². The molecule has 0 aliphatic carbocycles. The van der Waals surface area contributed by atoms with Gasteiger partial charge in [-0.2, -0.15) is 0 Å². The van der Waals surface area contributed by atoms with Crippen LogP contribution >= 0.6 is 23.0 Å². The van der Waals surface area contributed by atoms with E-state index in [2.05, 4.69) is 0 Å². The highest BCUT2D eigenvalue weighted by Gasteiger charge is 2.30. The fourth-order valence-electron chi connectivity index (χ4n) is 3.30. The molecule has 0 radical (unpaired) electrons. The quantitative estimate of drug-likeness (QED) is 0.297. The number of halogens is 1. The minimum atomic E-state index is -3.69. The Balaban J connectivity index is 0.00000187. The van der Waals surface area contributed by atoms with Crippen molar-refractivity contribution in [3.8, 4) is 22.6 Å². The minimum Gasteiger partial charge on any atom is -0.457 e. The average Bonchev–Trinajstić information content (AvgIpc) is 2.80. The normalized spacial score (nSPS) is 11.6.